The first-order valence-corrected chi connectivity index (χ1v) is 9.09. The summed E-state index contributed by atoms with van der Waals surface area (Å²) in [5.74, 6) is 1.13. The first-order valence-electron chi connectivity index (χ1n) is 8.27. The van der Waals surface area contributed by atoms with Gasteiger partial charge >= 0.3 is 5.97 Å². The van der Waals surface area contributed by atoms with E-state index in [0.29, 0.717) is 10.7 Å². The molecule has 0 unspecified atom stereocenters. The molecule has 2 N–H and O–H groups in total. The average Bonchev–Trinajstić information content (AvgIpc) is 2.83. The topological polar surface area (TPSA) is 84.3 Å². The fraction of sp³-hybridized carbons (Fsp3) is 0.588. The number of nitrogens with zero attached hydrogens (tertiary/aromatic N) is 2. The van der Waals surface area contributed by atoms with Gasteiger partial charge in [0.05, 0.1) is 11.5 Å². The lowest BCUT2D eigenvalue weighted by Gasteiger charge is -2.09. The van der Waals surface area contributed by atoms with Gasteiger partial charge in [0.2, 0.25) is 0 Å². The van der Waals surface area contributed by atoms with E-state index in [0.717, 1.165) is 47.4 Å². The number of nitrogens with one attached hydrogen (secondary N) is 1. The lowest BCUT2D eigenvalue weighted by Crippen LogP contribution is -2.11. The molecule has 0 amide bonds. The van der Waals surface area contributed by atoms with E-state index < -0.39 is 0 Å². The number of anilines is 1. The molecule has 0 atom stereocenters. The van der Waals surface area contributed by atoms with E-state index in [4.69, 9.17) is 9.84 Å². The molecule has 0 fully saturated rings. The second-order valence-corrected chi connectivity index (χ2v) is 7.02. The van der Waals surface area contributed by atoms with Crippen LogP contribution in [0, 0.1) is 13.8 Å². The van der Waals surface area contributed by atoms with Crippen LogP contribution in [0.25, 0.3) is 10.2 Å². The first kappa shape index (κ1) is 18.6. The number of aromatic nitrogens is 2. The van der Waals surface area contributed by atoms with Crippen LogP contribution in [0.3, 0.4) is 0 Å². The lowest BCUT2D eigenvalue weighted by atomic mass is 10.2. The van der Waals surface area contributed by atoms with E-state index in [9.17, 15) is 4.79 Å². The van der Waals surface area contributed by atoms with Crippen molar-refractivity contribution in [3.8, 4) is 0 Å². The van der Waals surface area contributed by atoms with Crippen molar-refractivity contribution >= 4 is 33.3 Å². The van der Waals surface area contributed by atoms with Crippen molar-refractivity contribution in [2.45, 2.75) is 53.1 Å². The van der Waals surface area contributed by atoms with Crippen LogP contribution in [0.15, 0.2) is 0 Å². The maximum absolute atomic E-state index is 12.3. The fourth-order valence-corrected chi connectivity index (χ4v) is 3.57. The van der Waals surface area contributed by atoms with Crippen molar-refractivity contribution in [2.24, 2.45) is 0 Å². The van der Waals surface area contributed by atoms with Gasteiger partial charge in [-0.3, -0.25) is 0 Å². The number of carbonyl (C=O) groups excluding carboxylic acids is 1. The van der Waals surface area contributed by atoms with E-state index in [1.54, 1.807) is 0 Å². The second kappa shape index (κ2) is 8.39. The highest BCUT2D eigenvalue weighted by molar-refractivity contribution is 7.20. The Morgan fingerprint density at radius 3 is 2.67 bits per heavy atom. The molecular formula is C17H25N3O3S. The fourth-order valence-electron chi connectivity index (χ4n) is 2.46. The van der Waals surface area contributed by atoms with Gasteiger partial charge in [-0.1, -0.05) is 0 Å². The number of rotatable bonds is 8. The van der Waals surface area contributed by atoms with Crippen molar-refractivity contribution < 1.29 is 14.6 Å². The van der Waals surface area contributed by atoms with Gasteiger partial charge < -0.3 is 15.2 Å². The van der Waals surface area contributed by atoms with E-state index in [1.807, 2.05) is 27.7 Å². The van der Waals surface area contributed by atoms with Crippen LogP contribution >= 0.6 is 11.3 Å². The quantitative estimate of drug-likeness (QED) is 0.560. The third-order valence-corrected chi connectivity index (χ3v) is 4.72. The molecule has 24 heavy (non-hydrogen) atoms. The monoisotopic (exact) mass is 351 g/mol. The summed E-state index contributed by atoms with van der Waals surface area (Å²) in [6.45, 7) is 8.42. The standard InChI is InChI=1S/C17H25N3O3S/c1-10(2)23-17(22)14-11(3)13-15(18-8-6-5-7-9-21)19-12(4)20-16(13)24-14/h10,21H,5-9H2,1-4H3,(H,18,19,20). The summed E-state index contributed by atoms with van der Waals surface area (Å²) in [6.07, 6.45) is 2.57. The Bertz CT molecular complexity index is 713. The predicted octanol–water partition coefficient (Wildman–Crippen LogP) is 3.45. The molecule has 0 saturated heterocycles. The molecule has 0 radical (unpaired) electrons. The number of hydrogen-bond acceptors (Lipinski definition) is 7. The molecule has 0 saturated carbocycles. The van der Waals surface area contributed by atoms with E-state index in [-0.39, 0.29) is 18.7 Å². The summed E-state index contributed by atoms with van der Waals surface area (Å²) in [6, 6.07) is 0. The number of fused-ring (bicyclic) bond motifs is 1. The van der Waals surface area contributed by atoms with Gasteiger partial charge in [0.1, 0.15) is 21.3 Å². The molecule has 0 aliphatic carbocycles. The number of carbonyl (C=O) groups is 1. The molecule has 132 valence electrons. The highest BCUT2D eigenvalue weighted by Gasteiger charge is 2.21. The van der Waals surface area contributed by atoms with Gasteiger partial charge in [-0.25, -0.2) is 14.8 Å². The number of aliphatic hydroxyl groups excluding tert-OH is 1. The molecule has 0 spiro atoms. The van der Waals surface area contributed by atoms with E-state index >= 15 is 0 Å². The molecule has 0 aliphatic heterocycles. The number of esters is 1. The molecule has 2 heterocycles. The van der Waals surface area contributed by atoms with Crippen LogP contribution in [-0.4, -0.2) is 40.3 Å². The summed E-state index contributed by atoms with van der Waals surface area (Å²) in [5, 5.41) is 13.1. The molecule has 7 heteroatoms. The van der Waals surface area contributed by atoms with E-state index in [1.165, 1.54) is 11.3 Å². The van der Waals surface area contributed by atoms with Gasteiger partial charge in [-0.2, -0.15) is 0 Å². The Kier molecular flexibility index (Phi) is 6.51. The molecule has 6 nitrogen and oxygen atoms in total. The van der Waals surface area contributed by atoms with Crippen LogP contribution in [0.1, 0.15) is 54.2 Å². The maximum Gasteiger partial charge on any atom is 0.348 e. The largest absolute Gasteiger partial charge is 0.459 e. The summed E-state index contributed by atoms with van der Waals surface area (Å²) < 4.78 is 5.32. The Hall–Kier alpha value is -1.73. The summed E-state index contributed by atoms with van der Waals surface area (Å²) >= 11 is 1.35. The normalized spacial score (nSPS) is 11.2. The van der Waals surface area contributed by atoms with Gasteiger partial charge in [-0.15, -0.1) is 11.3 Å². The number of unbranched alkanes of at least 4 members (excludes halogenated alkanes) is 2. The molecule has 2 aromatic rings. The number of aryl methyl sites for hydroxylation is 2. The number of ether oxygens (including phenoxy) is 1. The summed E-state index contributed by atoms with van der Waals surface area (Å²) in [4.78, 5) is 22.6. The Balaban J connectivity index is 2.27. The van der Waals surface area contributed by atoms with Crippen LogP contribution in [0.2, 0.25) is 0 Å². The number of thiophene rings is 1. The van der Waals surface area contributed by atoms with Crippen LogP contribution in [0.4, 0.5) is 5.82 Å². The zero-order valence-electron chi connectivity index (χ0n) is 14.7. The minimum absolute atomic E-state index is 0.154. The van der Waals surface area contributed by atoms with Gasteiger partial charge in [0.15, 0.2) is 0 Å². The SMILES string of the molecule is Cc1nc(NCCCCCO)c2c(C)c(C(=O)OC(C)C)sc2n1. The molecule has 2 rings (SSSR count). The van der Waals surface area contributed by atoms with E-state index in [2.05, 4.69) is 15.3 Å². The highest BCUT2D eigenvalue weighted by Crippen LogP contribution is 2.34. The smallest absolute Gasteiger partial charge is 0.348 e. The van der Waals surface area contributed by atoms with Crippen LogP contribution in [0.5, 0.6) is 0 Å². The first-order chi connectivity index (χ1) is 11.4. The molecule has 0 aromatic carbocycles. The van der Waals surface area contributed by atoms with Crippen molar-refractivity contribution in [3.63, 3.8) is 0 Å². The van der Waals surface area contributed by atoms with Crippen LogP contribution < -0.4 is 5.32 Å². The molecule has 0 aliphatic rings. The molecular weight excluding hydrogens is 326 g/mol. The lowest BCUT2D eigenvalue weighted by molar-refractivity contribution is 0.0383. The zero-order valence-corrected chi connectivity index (χ0v) is 15.5. The minimum atomic E-state index is -0.308. The Morgan fingerprint density at radius 2 is 2.00 bits per heavy atom. The summed E-state index contributed by atoms with van der Waals surface area (Å²) in [5.41, 5.74) is 0.860. The number of hydrogen-bond donors (Lipinski definition) is 2. The molecule has 2 aromatic heterocycles. The maximum atomic E-state index is 12.3. The third kappa shape index (κ3) is 4.42. The second-order valence-electron chi connectivity index (χ2n) is 6.02. The summed E-state index contributed by atoms with van der Waals surface area (Å²) in [7, 11) is 0. The van der Waals surface area contributed by atoms with Crippen molar-refractivity contribution in [1.82, 2.24) is 9.97 Å². The van der Waals surface area contributed by atoms with Crippen LogP contribution in [-0.2, 0) is 4.74 Å². The number of aliphatic hydroxyl groups is 1. The van der Waals surface area contributed by atoms with Crippen molar-refractivity contribution in [3.05, 3.63) is 16.3 Å². The Labute approximate surface area is 146 Å². The average molecular weight is 351 g/mol. The predicted molar refractivity (Wildman–Crippen MR) is 96.9 cm³/mol. The van der Waals surface area contributed by atoms with Crippen molar-refractivity contribution in [2.75, 3.05) is 18.5 Å². The molecule has 0 bridgehead atoms. The Morgan fingerprint density at radius 1 is 1.25 bits per heavy atom. The third-order valence-electron chi connectivity index (χ3n) is 3.56. The van der Waals surface area contributed by atoms with Gasteiger partial charge in [0, 0.05) is 13.2 Å². The van der Waals surface area contributed by atoms with Crippen molar-refractivity contribution in [1.29, 1.82) is 0 Å². The zero-order chi connectivity index (χ0) is 17.7. The minimum Gasteiger partial charge on any atom is -0.459 e. The van der Waals surface area contributed by atoms with Gasteiger partial charge in [-0.05, 0) is 52.5 Å². The van der Waals surface area contributed by atoms with Gasteiger partial charge in [0.25, 0.3) is 0 Å². The highest BCUT2D eigenvalue weighted by atomic mass is 32.1.